The molecule has 0 atom stereocenters. The quantitative estimate of drug-likeness (QED) is 0.737. The van der Waals surface area contributed by atoms with Crippen LogP contribution in [0, 0.1) is 0 Å². The molecule has 7 heteroatoms. The molecule has 0 saturated carbocycles. The molecule has 0 radical (unpaired) electrons. The third kappa shape index (κ3) is 3.60. The molecule has 1 saturated heterocycles. The molecule has 7 nitrogen and oxygen atoms in total. The molecule has 1 aliphatic heterocycles. The largest absolute Gasteiger partial charge is 0.497 e. The Hall–Kier alpha value is -3.22. The van der Waals surface area contributed by atoms with Gasteiger partial charge in [-0.05, 0) is 37.1 Å². The Balaban J connectivity index is 1.36. The molecule has 4 rings (SSSR count). The summed E-state index contributed by atoms with van der Waals surface area (Å²) in [5, 5.41) is 0. The number of likely N-dealkylation sites (tertiary alicyclic amines) is 1. The highest BCUT2D eigenvalue weighted by atomic mass is 16.5. The van der Waals surface area contributed by atoms with E-state index in [1.165, 1.54) is 0 Å². The number of ether oxygens (including phenoxy) is 2. The number of hydrogen-bond acceptors (Lipinski definition) is 4. The van der Waals surface area contributed by atoms with Crippen molar-refractivity contribution in [2.24, 2.45) is 0 Å². The molecule has 1 fully saturated rings. The zero-order valence-corrected chi connectivity index (χ0v) is 15.8. The average Bonchev–Trinajstić information content (AvgIpc) is 3.08. The molecule has 0 unspecified atom stereocenters. The number of carbonyl (C=O) groups is 1. The summed E-state index contributed by atoms with van der Waals surface area (Å²) in [6.45, 7) is 1.21. The van der Waals surface area contributed by atoms with Gasteiger partial charge in [0, 0.05) is 25.2 Å². The Morgan fingerprint density at radius 1 is 1.11 bits per heavy atom. The Bertz CT molecular complexity index is 1030. The smallest absolute Gasteiger partial charge is 0.326 e. The first kappa shape index (κ1) is 18.2. The molecule has 3 aromatic rings. The summed E-state index contributed by atoms with van der Waals surface area (Å²) in [4.78, 5) is 29.6. The zero-order chi connectivity index (χ0) is 19.5. The van der Waals surface area contributed by atoms with Crippen LogP contribution in [0.5, 0.6) is 11.5 Å². The minimum Gasteiger partial charge on any atom is -0.497 e. The second kappa shape index (κ2) is 7.80. The predicted molar refractivity (Wildman–Crippen MR) is 106 cm³/mol. The van der Waals surface area contributed by atoms with Gasteiger partial charge in [0.1, 0.15) is 11.5 Å². The Kier molecular flexibility index (Phi) is 5.06. The number of piperidine rings is 1. The van der Waals surface area contributed by atoms with Gasteiger partial charge in [0.2, 0.25) is 0 Å². The van der Waals surface area contributed by atoms with Crippen LogP contribution >= 0.6 is 0 Å². The summed E-state index contributed by atoms with van der Waals surface area (Å²) in [5.74, 6) is 1.25. The van der Waals surface area contributed by atoms with E-state index in [2.05, 4.69) is 4.98 Å². The highest BCUT2D eigenvalue weighted by Gasteiger charge is 2.26. The van der Waals surface area contributed by atoms with Gasteiger partial charge in [0.15, 0.2) is 6.61 Å². The molecule has 0 aliphatic carbocycles. The standard InChI is InChI=1S/C21H23N3O4/c1-27-16-5-4-6-17(13-16)28-14-20(25)23-11-9-15(10-12-23)24-19-8-3-2-7-18(19)22-21(24)26/h2-8,13,15H,9-12,14H2,1H3,(H,22,26). The number of aromatic nitrogens is 2. The third-order valence-electron chi connectivity index (χ3n) is 5.21. The van der Waals surface area contributed by atoms with E-state index in [-0.39, 0.29) is 24.2 Å². The fourth-order valence-electron chi connectivity index (χ4n) is 3.74. The van der Waals surface area contributed by atoms with E-state index < -0.39 is 0 Å². The molecule has 0 bridgehead atoms. The zero-order valence-electron chi connectivity index (χ0n) is 15.8. The number of methoxy groups -OCH3 is 1. The van der Waals surface area contributed by atoms with Crippen molar-refractivity contribution in [2.45, 2.75) is 18.9 Å². The lowest BCUT2D eigenvalue weighted by Crippen LogP contribution is -2.42. The molecule has 0 spiro atoms. The Labute approximate surface area is 162 Å². The Morgan fingerprint density at radius 2 is 1.86 bits per heavy atom. The Morgan fingerprint density at radius 3 is 2.64 bits per heavy atom. The maximum atomic E-state index is 12.5. The van der Waals surface area contributed by atoms with Crippen molar-refractivity contribution in [3.8, 4) is 11.5 Å². The van der Waals surface area contributed by atoms with E-state index in [1.807, 2.05) is 41.0 Å². The van der Waals surface area contributed by atoms with Crippen LogP contribution in [0.25, 0.3) is 11.0 Å². The van der Waals surface area contributed by atoms with E-state index in [4.69, 9.17) is 9.47 Å². The number of imidazole rings is 1. The van der Waals surface area contributed by atoms with Crippen LogP contribution in [-0.4, -0.2) is 47.2 Å². The monoisotopic (exact) mass is 381 g/mol. The van der Waals surface area contributed by atoms with Gasteiger partial charge in [-0.15, -0.1) is 0 Å². The van der Waals surface area contributed by atoms with Crippen molar-refractivity contribution >= 4 is 16.9 Å². The molecule has 1 amide bonds. The molecule has 2 aromatic carbocycles. The molecule has 146 valence electrons. The van der Waals surface area contributed by atoms with E-state index in [0.717, 1.165) is 23.9 Å². The van der Waals surface area contributed by atoms with Crippen LogP contribution in [0.1, 0.15) is 18.9 Å². The molecule has 2 heterocycles. The summed E-state index contributed by atoms with van der Waals surface area (Å²) in [6.07, 6.45) is 1.49. The number of fused-ring (bicyclic) bond motifs is 1. The van der Waals surface area contributed by atoms with Crippen LogP contribution < -0.4 is 15.2 Å². The molecule has 1 aromatic heterocycles. The minimum atomic E-state index is -0.0904. The van der Waals surface area contributed by atoms with Crippen molar-refractivity contribution in [1.29, 1.82) is 0 Å². The van der Waals surface area contributed by atoms with E-state index in [0.29, 0.717) is 24.6 Å². The summed E-state index contributed by atoms with van der Waals surface area (Å²) >= 11 is 0. The van der Waals surface area contributed by atoms with E-state index in [9.17, 15) is 9.59 Å². The molecule has 28 heavy (non-hydrogen) atoms. The summed E-state index contributed by atoms with van der Waals surface area (Å²) in [6, 6.07) is 15.0. The van der Waals surface area contributed by atoms with Gasteiger partial charge in [-0.1, -0.05) is 18.2 Å². The number of rotatable bonds is 5. The number of carbonyl (C=O) groups excluding carboxylic acids is 1. The van der Waals surface area contributed by atoms with Gasteiger partial charge in [-0.25, -0.2) is 4.79 Å². The van der Waals surface area contributed by atoms with Gasteiger partial charge >= 0.3 is 5.69 Å². The number of hydrogen-bond donors (Lipinski definition) is 1. The van der Waals surface area contributed by atoms with Crippen LogP contribution in [0.15, 0.2) is 53.3 Å². The van der Waals surface area contributed by atoms with Gasteiger partial charge in [0.25, 0.3) is 5.91 Å². The maximum Gasteiger partial charge on any atom is 0.326 e. The number of aromatic amines is 1. The van der Waals surface area contributed by atoms with Crippen molar-refractivity contribution in [1.82, 2.24) is 14.5 Å². The second-order valence-electron chi connectivity index (χ2n) is 6.90. The first-order chi connectivity index (χ1) is 13.7. The van der Waals surface area contributed by atoms with Crippen LogP contribution in [-0.2, 0) is 4.79 Å². The van der Waals surface area contributed by atoms with Crippen LogP contribution in [0.3, 0.4) is 0 Å². The highest BCUT2D eigenvalue weighted by molar-refractivity contribution is 5.78. The SMILES string of the molecule is COc1cccc(OCC(=O)N2CCC(n3c(=O)[nH]c4ccccc43)CC2)c1. The number of nitrogens with one attached hydrogen (secondary N) is 1. The molecule has 1 N–H and O–H groups in total. The van der Waals surface area contributed by atoms with Gasteiger partial charge < -0.3 is 19.4 Å². The first-order valence-corrected chi connectivity index (χ1v) is 9.39. The number of H-pyrrole nitrogens is 1. The average molecular weight is 381 g/mol. The number of nitrogens with zero attached hydrogens (tertiary/aromatic N) is 2. The number of amides is 1. The number of benzene rings is 2. The molecule has 1 aliphatic rings. The lowest BCUT2D eigenvalue weighted by atomic mass is 10.0. The van der Waals surface area contributed by atoms with Crippen molar-refractivity contribution in [3.63, 3.8) is 0 Å². The summed E-state index contributed by atoms with van der Waals surface area (Å²) in [5.41, 5.74) is 1.67. The fraction of sp³-hybridized carbons (Fsp3) is 0.333. The second-order valence-corrected chi connectivity index (χ2v) is 6.90. The maximum absolute atomic E-state index is 12.5. The first-order valence-electron chi connectivity index (χ1n) is 9.39. The third-order valence-corrected chi connectivity index (χ3v) is 5.21. The minimum absolute atomic E-state index is 0.00906. The van der Waals surface area contributed by atoms with Crippen LogP contribution in [0.4, 0.5) is 0 Å². The topological polar surface area (TPSA) is 76.6 Å². The fourth-order valence-corrected chi connectivity index (χ4v) is 3.74. The predicted octanol–water partition coefficient (Wildman–Crippen LogP) is 2.58. The van der Waals surface area contributed by atoms with Crippen molar-refractivity contribution < 1.29 is 14.3 Å². The van der Waals surface area contributed by atoms with Crippen molar-refractivity contribution in [2.75, 3.05) is 26.8 Å². The summed E-state index contributed by atoms with van der Waals surface area (Å²) in [7, 11) is 1.59. The van der Waals surface area contributed by atoms with Crippen molar-refractivity contribution in [3.05, 3.63) is 59.0 Å². The van der Waals surface area contributed by atoms with Gasteiger partial charge in [0.05, 0.1) is 18.1 Å². The van der Waals surface area contributed by atoms with Crippen LogP contribution in [0.2, 0.25) is 0 Å². The highest BCUT2D eigenvalue weighted by Crippen LogP contribution is 2.25. The molecular formula is C21H23N3O4. The van der Waals surface area contributed by atoms with Gasteiger partial charge in [-0.2, -0.15) is 0 Å². The van der Waals surface area contributed by atoms with E-state index in [1.54, 1.807) is 24.1 Å². The number of para-hydroxylation sites is 2. The van der Waals surface area contributed by atoms with Gasteiger partial charge in [-0.3, -0.25) is 9.36 Å². The van der Waals surface area contributed by atoms with E-state index >= 15 is 0 Å². The lowest BCUT2D eigenvalue weighted by molar-refractivity contribution is -0.134. The molecular weight excluding hydrogens is 358 g/mol. The summed E-state index contributed by atoms with van der Waals surface area (Å²) < 4.78 is 12.6. The lowest BCUT2D eigenvalue weighted by Gasteiger charge is -2.32. The normalized spacial score (nSPS) is 15.0.